The van der Waals surface area contributed by atoms with Crippen molar-refractivity contribution in [1.29, 1.82) is 0 Å². The van der Waals surface area contributed by atoms with Crippen LogP contribution >= 0.6 is 0 Å². The molecule has 33 heavy (non-hydrogen) atoms. The molecule has 0 spiro atoms. The fourth-order valence-electron chi connectivity index (χ4n) is 4.05. The second kappa shape index (κ2) is 8.77. The molecule has 0 saturated carbocycles. The molecule has 1 amide bonds. The first-order valence-corrected chi connectivity index (χ1v) is 10.8. The molecular weight excluding hydrogens is 420 g/mol. The predicted octanol–water partition coefficient (Wildman–Crippen LogP) is 2.11. The first kappa shape index (κ1) is 20.7. The van der Waals surface area contributed by atoms with Gasteiger partial charge in [0, 0.05) is 30.4 Å². The zero-order chi connectivity index (χ0) is 22.8. The highest BCUT2D eigenvalue weighted by Crippen LogP contribution is 2.24. The van der Waals surface area contributed by atoms with Gasteiger partial charge in [0.15, 0.2) is 11.6 Å². The van der Waals surface area contributed by atoms with Gasteiger partial charge in [-0.05, 0) is 79.6 Å². The molecule has 5 rings (SSSR count). The quantitative estimate of drug-likeness (QED) is 0.497. The molecule has 1 aliphatic heterocycles. The van der Waals surface area contributed by atoms with E-state index in [0.717, 1.165) is 54.5 Å². The normalized spacial score (nSPS) is 14.4. The number of nitrogens with zero attached hydrogens (tertiary/aromatic N) is 9. The highest BCUT2D eigenvalue weighted by atomic mass is 16.1. The minimum Gasteiger partial charge on any atom is -0.355 e. The molecule has 0 radical (unpaired) electrons. The smallest absolute Gasteiger partial charge is 0.227 e. The number of piperidine rings is 1. The van der Waals surface area contributed by atoms with Gasteiger partial charge in [0.25, 0.3) is 0 Å². The fraction of sp³-hybridized carbons (Fsp3) is 0.318. The van der Waals surface area contributed by atoms with Gasteiger partial charge < -0.3 is 10.2 Å². The molecule has 3 aromatic heterocycles. The third kappa shape index (κ3) is 4.43. The van der Waals surface area contributed by atoms with E-state index in [2.05, 4.69) is 41.0 Å². The lowest BCUT2D eigenvalue weighted by Crippen LogP contribution is -2.38. The summed E-state index contributed by atoms with van der Waals surface area (Å²) in [5.41, 5.74) is 3.55. The van der Waals surface area contributed by atoms with Crippen molar-refractivity contribution in [3.05, 3.63) is 60.2 Å². The van der Waals surface area contributed by atoms with Crippen LogP contribution in [0, 0.1) is 19.8 Å². The Morgan fingerprint density at radius 3 is 2.33 bits per heavy atom. The van der Waals surface area contributed by atoms with Gasteiger partial charge in [0.2, 0.25) is 5.91 Å². The molecule has 1 N–H and O–H groups in total. The number of aryl methyl sites for hydroxylation is 2. The summed E-state index contributed by atoms with van der Waals surface area (Å²) in [6, 6.07) is 13.3. The molecule has 0 aliphatic carbocycles. The molecule has 0 unspecified atom stereocenters. The molecule has 168 valence electrons. The molecular formula is C22H24N10O. The molecule has 0 atom stereocenters. The van der Waals surface area contributed by atoms with Crippen LogP contribution in [-0.4, -0.2) is 59.2 Å². The Bertz CT molecular complexity index is 1220. The van der Waals surface area contributed by atoms with Crippen molar-refractivity contribution in [2.24, 2.45) is 5.92 Å². The van der Waals surface area contributed by atoms with Crippen LogP contribution in [0.5, 0.6) is 0 Å². The minimum absolute atomic E-state index is 0.0378. The average molecular weight is 445 g/mol. The summed E-state index contributed by atoms with van der Waals surface area (Å²) >= 11 is 0. The Labute approximate surface area is 190 Å². The summed E-state index contributed by atoms with van der Waals surface area (Å²) in [5, 5.41) is 27.3. The first-order valence-electron chi connectivity index (χ1n) is 10.8. The third-order valence-electron chi connectivity index (χ3n) is 5.80. The van der Waals surface area contributed by atoms with Crippen LogP contribution in [0.25, 0.3) is 11.5 Å². The maximum atomic E-state index is 12.8. The van der Waals surface area contributed by atoms with Crippen molar-refractivity contribution in [2.45, 2.75) is 26.7 Å². The van der Waals surface area contributed by atoms with Crippen LogP contribution in [-0.2, 0) is 4.79 Å². The lowest BCUT2D eigenvalue weighted by molar-refractivity contribution is -0.120. The highest BCUT2D eigenvalue weighted by molar-refractivity contribution is 5.92. The molecule has 4 aromatic rings. The van der Waals surface area contributed by atoms with E-state index in [1.807, 2.05) is 56.3 Å². The van der Waals surface area contributed by atoms with Gasteiger partial charge in [-0.25, -0.2) is 9.36 Å². The van der Waals surface area contributed by atoms with Crippen molar-refractivity contribution in [3.63, 3.8) is 0 Å². The van der Waals surface area contributed by atoms with E-state index >= 15 is 0 Å². The Morgan fingerprint density at radius 2 is 1.73 bits per heavy atom. The fourth-order valence-corrected chi connectivity index (χ4v) is 4.05. The number of aromatic nitrogens is 8. The number of hydrogen-bond donors (Lipinski definition) is 1. The van der Waals surface area contributed by atoms with Crippen molar-refractivity contribution in [3.8, 4) is 11.5 Å². The molecule has 0 bridgehead atoms. The van der Waals surface area contributed by atoms with Crippen molar-refractivity contribution in [2.75, 3.05) is 23.3 Å². The average Bonchev–Trinajstić information content (AvgIpc) is 3.49. The summed E-state index contributed by atoms with van der Waals surface area (Å²) in [7, 11) is 0. The van der Waals surface area contributed by atoms with Gasteiger partial charge >= 0.3 is 0 Å². The second-order valence-corrected chi connectivity index (χ2v) is 8.14. The van der Waals surface area contributed by atoms with E-state index in [-0.39, 0.29) is 11.8 Å². The Balaban J connectivity index is 1.16. The summed E-state index contributed by atoms with van der Waals surface area (Å²) < 4.78 is 3.35. The van der Waals surface area contributed by atoms with Gasteiger partial charge in [0.05, 0.1) is 11.4 Å². The topological polar surface area (TPSA) is 120 Å². The van der Waals surface area contributed by atoms with Crippen molar-refractivity contribution >= 4 is 17.4 Å². The van der Waals surface area contributed by atoms with Crippen LogP contribution in [0.15, 0.2) is 48.8 Å². The lowest BCUT2D eigenvalue weighted by Gasteiger charge is -2.31. The predicted molar refractivity (Wildman–Crippen MR) is 121 cm³/mol. The summed E-state index contributed by atoms with van der Waals surface area (Å²) in [5.74, 6) is 1.51. The number of hydrogen-bond acceptors (Lipinski definition) is 8. The van der Waals surface area contributed by atoms with Crippen LogP contribution < -0.4 is 10.2 Å². The Morgan fingerprint density at radius 1 is 1.00 bits per heavy atom. The largest absolute Gasteiger partial charge is 0.355 e. The number of nitrogens with one attached hydrogen (secondary N) is 1. The standard InChI is InChI=1S/C22H24N10O/c1-15-13-16(2)32(27-15)21-8-7-20(25-26-21)30-11-9-17(10-12-30)22(33)24-18-3-5-19(6-4-18)31-14-23-28-29-31/h3-8,13-14,17H,9-12H2,1-2H3,(H,24,33). The SMILES string of the molecule is Cc1cc(C)n(-c2ccc(N3CCC(C(=O)Nc4ccc(-n5cnnn5)cc4)CC3)nn2)n1. The number of rotatable bonds is 5. The molecule has 1 fully saturated rings. The number of anilines is 2. The number of carbonyl (C=O) groups is 1. The van der Waals surface area contributed by atoms with Gasteiger partial charge in [-0.15, -0.1) is 15.3 Å². The Hall–Kier alpha value is -4.15. The number of benzene rings is 1. The summed E-state index contributed by atoms with van der Waals surface area (Å²) in [6.07, 6.45) is 3.05. The van der Waals surface area contributed by atoms with E-state index in [0.29, 0.717) is 5.82 Å². The molecule has 11 nitrogen and oxygen atoms in total. The van der Waals surface area contributed by atoms with E-state index < -0.39 is 0 Å². The molecule has 11 heteroatoms. The van der Waals surface area contributed by atoms with Crippen molar-refractivity contribution < 1.29 is 4.79 Å². The number of tetrazole rings is 1. The maximum Gasteiger partial charge on any atom is 0.227 e. The van der Waals surface area contributed by atoms with Gasteiger partial charge in [-0.1, -0.05) is 0 Å². The van der Waals surface area contributed by atoms with Crippen LogP contribution in [0.3, 0.4) is 0 Å². The number of carbonyl (C=O) groups excluding carboxylic acids is 1. The number of amides is 1. The Kier molecular flexibility index (Phi) is 5.51. The zero-order valence-electron chi connectivity index (χ0n) is 18.5. The molecule has 1 saturated heterocycles. The van der Waals surface area contributed by atoms with Gasteiger partial charge in [0.1, 0.15) is 6.33 Å². The highest BCUT2D eigenvalue weighted by Gasteiger charge is 2.26. The van der Waals surface area contributed by atoms with Crippen LogP contribution in [0.1, 0.15) is 24.2 Å². The zero-order valence-corrected chi connectivity index (χ0v) is 18.5. The molecule has 1 aliphatic rings. The first-order chi connectivity index (χ1) is 16.1. The molecule has 1 aromatic carbocycles. The van der Waals surface area contributed by atoms with Gasteiger partial charge in [-0.3, -0.25) is 4.79 Å². The summed E-state index contributed by atoms with van der Waals surface area (Å²) in [6.45, 7) is 5.46. The maximum absolute atomic E-state index is 12.8. The monoisotopic (exact) mass is 444 g/mol. The lowest BCUT2D eigenvalue weighted by atomic mass is 9.96. The second-order valence-electron chi connectivity index (χ2n) is 8.14. The van der Waals surface area contributed by atoms with E-state index in [9.17, 15) is 4.79 Å². The third-order valence-corrected chi connectivity index (χ3v) is 5.80. The minimum atomic E-state index is -0.0395. The van der Waals surface area contributed by atoms with Crippen LogP contribution in [0.2, 0.25) is 0 Å². The van der Waals surface area contributed by atoms with E-state index in [4.69, 9.17) is 0 Å². The van der Waals surface area contributed by atoms with E-state index in [1.54, 1.807) is 9.36 Å². The van der Waals surface area contributed by atoms with Crippen molar-refractivity contribution in [1.82, 2.24) is 40.2 Å². The molecule has 4 heterocycles. The summed E-state index contributed by atoms with van der Waals surface area (Å²) in [4.78, 5) is 14.9. The van der Waals surface area contributed by atoms with Gasteiger partial charge in [-0.2, -0.15) is 5.10 Å². The van der Waals surface area contributed by atoms with E-state index in [1.165, 1.54) is 6.33 Å². The van der Waals surface area contributed by atoms with Crippen LogP contribution in [0.4, 0.5) is 11.5 Å².